The summed E-state index contributed by atoms with van der Waals surface area (Å²) in [7, 11) is 1.73. The molecule has 2 aliphatic rings. The molecule has 0 N–H and O–H groups in total. The molecule has 0 bridgehead atoms. The monoisotopic (exact) mass is 499 g/mol. The van der Waals surface area contributed by atoms with E-state index in [0.717, 1.165) is 22.6 Å². The number of carbonyl (C=O) groups excluding carboxylic acids is 2. The summed E-state index contributed by atoms with van der Waals surface area (Å²) in [5, 5.41) is 1.93. The molecule has 0 aliphatic carbocycles. The van der Waals surface area contributed by atoms with Gasteiger partial charge in [-0.15, -0.1) is 11.3 Å². The average Bonchev–Trinajstić information content (AvgIpc) is 3.40. The minimum Gasteiger partial charge on any atom is -0.368 e. The zero-order valence-electron chi connectivity index (χ0n) is 19.0. The van der Waals surface area contributed by atoms with E-state index >= 15 is 0 Å². The third-order valence-corrected chi connectivity index (χ3v) is 7.75. The van der Waals surface area contributed by atoms with E-state index in [4.69, 9.17) is 0 Å². The molecule has 5 rings (SSSR count). The fourth-order valence-electron chi connectivity index (χ4n) is 5.02. The number of halogens is 3. The van der Waals surface area contributed by atoms with Gasteiger partial charge in [-0.25, -0.2) is 0 Å². The van der Waals surface area contributed by atoms with Crippen molar-refractivity contribution in [1.29, 1.82) is 0 Å². The summed E-state index contributed by atoms with van der Waals surface area (Å²) in [6.07, 6.45) is -4.40. The molecule has 2 amide bonds. The van der Waals surface area contributed by atoms with Gasteiger partial charge in [-0.2, -0.15) is 13.2 Å². The van der Waals surface area contributed by atoms with Crippen LogP contribution in [0.3, 0.4) is 0 Å². The van der Waals surface area contributed by atoms with E-state index in [2.05, 4.69) is 0 Å². The molecule has 0 saturated carbocycles. The second-order valence-electron chi connectivity index (χ2n) is 8.80. The molecule has 0 radical (unpaired) electrons. The fraction of sp³-hybridized carbons (Fsp3) is 0.308. The van der Waals surface area contributed by atoms with E-state index in [0.29, 0.717) is 37.4 Å². The number of anilines is 1. The van der Waals surface area contributed by atoms with Gasteiger partial charge in [0, 0.05) is 49.4 Å². The Bertz CT molecular complexity index is 1240. The van der Waals surface area contributed by atoms with Crippen molar-refractivity contribution < 1.29 is 22.8 Å². The summed E-state index contributed by atoms with van der Waals surface area (Å²) in [5.41, 5.74) is 1.07. The number of carbonyl (C=O) groups is 2. The molecule has 9 heteroatoms. The van der Waals surface area contributed by atoms with Crippen molar-refractivity contribution in [3.63, 3.8) is 0 Å². The highest BCUT2D eigenvalue weighted by Gasteiger charge is 2.44. The third kappa shape index (κ3) is 4.29. The van der Waals surface area contributed by atoms with Gasteiger partial charge >= 0.3 is 6.18 Å². The molecule has 2 atom stereocenters. The molecule has 1 fully saturated rings. The predicted molar refractivity (Wildman–Crippen MR) is 129 cm³/mol. The largest absolute Gasteiger partial charge is 0.416 e. The minimum absolute atomic E-state index is 0.0705. The summed E-state index contributed by atoms with van der Waals surface area (Å²) in [5.74, 6) is -0.732. The predicted octanol–water partition coefficient (Wildman–Crippen LogP) is 5.03. The van der Waals surface area contributed by atoms with Crippen molar-refractivity contribution in [3.8, 4) is 0 Å². The Morgan fingerprint density at radius 2 is 1.71 bits per heavy atom. The van der Waals surface area contributed by atoms with Gasteiger partial charge < -0.3 is 14.7 Å². The van der Waals surface area contributed by atoms with Crippen LogP contribution in [0.25, 0.3) is 0 Å². The summed E-state index contributed by atoms with van der Waals surface area (Å²) in [6.45, 7) is 1.64. The molecule has 0 spiro atoms. The van der Waals surface area contributed by atoms with Crippen LogP contribution in [0, 0.1) is 0 Å². The van der Waals surface area contributed by atoms with E-state index < -0.39 is 23.7 Å². The molecule has 182 valence electrons. The number of nitrogens with zero attached hydrogens (tertiary/aromatic N) is 3. The van der Waals surface area contributed by atoms with Crippen LogP contribution in [0.4, 0.5) is 18.9 Å². The normalized spacial score (nSPS) is 20.7. The van der Waals surface area contributed by atoms with Crippen molar-refractivity contribution in [2.45, 2.75) is 18.1 Å². The maximum atomic E-state index is 13.9. The lowest BCUT2D eigenvalue weighted by Gasteiger charge is -2.43. The first-order valence-electron chi connectivity index (χ1n) is 11.4. The molecule has 1 saturated heterocycles. The topological polar surface area (TPSA) is 43.9 Å². The number of rotatable bonds is 3. The van der Waals surface area contributed by atoms with Gasteiger partial charge in [0.15, 0.2) is 0 Å². The highest BCUT2D eigenvalue weighted by molar-refractivity contribution is 7.10. The number of hydrogen-bond acceptors (Lipinski definition) is 4. The minimum atomic E-state index is -4.40. The maximum Gasteiger partial charge on any atom is 0.416 e. The van der Waals surface area contributed by atoms with E-state index in [9.17, 15) is 22.8 Å². The number of thiophene rings is 1. The number of amides is 2. The van der Waals surface area contributed by atoms with Crippen molar-refractivity contribution in [2.75, 3.05) is 38.1 Å². The van der Waals surface area contributed by atoms with E-state index in [1.807, 2.05) is 34.5 Å². The highest BCUT2D eigenvalue weighted by atomic mass is 32.1. The van der Waals surface area contributed by atoms with Crippen LogP contribution < -0.4 is 4.90 Å². The lowest BCUT2D eigenvalue weighted by molar-refractivity contribution is -0.137. The van der Waals surface area contributed by atoms with Crippen LogP contribution >= 0.6 is 11.3 Å². The van der Waals surface area contributed by atoms with Gasteiger partial charge in [0.05, 0.1) is 17.5 Å². The first-order chi connectivity index (χ1) is 16.8. The van der Waals surface area contributed by atoms with Gasteiger partial charge in [-0.3, -0.25) is 9.59 Å². The standard InChI is InChI=1S/C26H24F3N3O2S/c1-30-23(21-10-5-15-35-21)22(19-8-2-3-9-20(19)24(30)33)25(34)32-13-11-31(12-14-32)18-7-4-6-17(16-18)26(27,28)29/h2-10,15-16,22-23H,11-14H2,1H3. The van der Waals surface area contributed by atoms with Gasteiger partial charge in [0.1, 0.15) is 0 Å². The highest BCUT2D eigenvalue weighted by Crippen LogP contribution is 2.44. The quantitative estimate of drug-likeness (QED) is 0.508. The Balaban J connectivity index is 1.40. The number of alkyl halides is 3. The van der Waals surface area contributed by atoms with Crippen LogP contribution in [-0.4, -0.2) is 54.8 Å². The third-order valence-electron chi connectivity index (χ3n) is 6.81. The lowest BCUT2D eigenvalue weighted by atomic mass is 9.81. The molecule has 2 unspecified atom stereocenters. The second-order valence-corrected chi connectivity index (χ2v) is 9.78. The number of likely N-dealkylation sites (N-methyl/N-ethyl adjacent to an activating group) is 1. The Morgan fingerprint density at radius 1 is 0.971 bits per heavy atom. The van der Waals surface area contributed by atoms with E-state index in [-0.39, 0.29) is 11.8 Å². The Hall–Kier alpha value is -3.33. The summed E-state index contributed by atoms with van der Waals surface area (Å²) in [6, 6.07) is 16.0. The summed E-state index contributed by atoms with van der Waals surface area (Å²) in [4.78, 5) is 33.2. The lowest BCUT2D eigenvalue weighted by Crippen LogP contribution is -2.53. The van der Waals surface area contributed by atoms with Crippen LogP contribution in [0.15, 0.2) is 66.0 Å². The van der Waals surface area contributed by atoms with Gasteiger partial charge in [0.2, 0.25) is 5.91 Å². The number of piperazine rings is 1. The summed E-state index contributed by atoms with van der Waals surface area (Å²) >= 11 is 1.51. The van der Waals surface area contributed by atoms with Crippen LogP contribution in [-0.2, 0) is 11.0 Å². The molecule has 3 heterocycles. The molecular weight excluding hydrogens is 475 g/mol. The molecule has 2 aliphatic heterocycles. The first-order valence-corrected chi connectivity index (χ1v) is 12.2. The Morgan fingerprint density at radius 3 is 2.40 bits per heavy atom. The first kappa shape index (κ1) is 23.4. The number of hydrogen-bond donors (Lipinski definition) is 0. The van der Waals surface area contributed by atoms with Crippen LogP contribution in [0.1, 0.15) is 38.3 Å². The zero-order valence-corrected chi connectivity index (χ0v) is 19.9. The van der Waals surface area contributed by atoms with Crippen molar-refractivity contribution >= 4 is 28.8 Å². The van der Waals surface area contributed by atoms with Gasteiger partial charge in [-0.1, -0.05) is 30.3 Å². The van der Waals surface area contributed by atoms with Crippen LogP contribution in [0.2, 0.25) is 0 Å². The van der Waals surface area contributed by atoms with Crippen molar-refractivity contribution in [2.24, 2.45) is 0 Å². The van der Waals surface area contributed by atoms with Gasteiger partial charge in [0.25, 0.3) is 5.91 Å². The average molecular weight is 500 g/mol. The molecule has 1 aromatic heterocycles. The van der Waals surface area contributed by atoms with E-state index in [1.54, 1.807) is 35.0 Å². The maximum absolute atomic E-state index is 13.9. The fourth-order valence-corrected chi connectivity index (χ4v) is 5.92. The molecule has 2 aromatic carbocycles. The molecule has 35 heavy (non-hydrogen) atoms. The smallest absolute Gasteiger partial charge is 0.368 e. The van der Waals surface area contributed by atoms with Gasteiger partial charge in [-0.05, 0) is 41.3 Å². The molecule has 3 aromatic rings. The molecule has 5 nitrogen and oxygen atoms in total. The Kier molecular flexibility index (Phi) is 6.04. The van der Waals surface area contributed by atoms with E-state index in [1.165, 1.54) is 17.4 Å². The molecular formula is C26H24F3N3O2S. The SMILES string of the molecule is CN1C(=O)c2ccccc2C(C(=O)N2CCN(c3cccc(C(F)(F)F)c3)CC2)C1c1cccs1. The second kappa shape index (κ2) is 9.03. The summed E-state index contributed by atoms with van der Waals surface area (Å²) < 4.78 is 39.4. The van der Waals surface area contributed by atoms with Crippen molar-refractivity contribution in [3.05, 3.63) is 87.6 Å². The number of benzene rings is 2. The van der Waals surface area contributed by atoms with Crippen LogP contribution in [0.5, 0.6) is 0 Å². The number of fused-ring (bicyclic) bond motifs is 1. The zero-order chi connectivity index (χ0) is 24.7. The Labute approximate surface area is 205 Å². The van der Waals surface area contributed by atoms with Crippen molar-refractivity contribution in [1.82, 2.24) is 9.80 Å².